The van der Waals surface area contributed by atoms with E-state index in [0.717, 1.165) is 19.3 Å². The number of benzene rings is 1. The lowest BCUT2D eigenvalue weighted by atomic mass is 9.96. The second-order valence-corrected chi connectivity index (χ2v) is 6.91. The van der Waals surface area contributed by atoms with Crippen molar-refractivity contribution in [2.75, 3.05) is 13.1 Å². The molecule has 1 saturated carbocycles. The van der Waals surface area contributed by atoms with Crippen LogP contribution in [0.3, 0.4) is 0 Å². The Hall–Kier alpha value is -1.59. The van der Waals surface area contributed by atoms with Crippen LogP contribution in [0, 0.1) is 5.92 Å². The van der Waals surface area contributed by atoms with Crippen LogP contribution in [0.2, 0.25) is 0 Å². The normalized spacial score (nSPS) is 24.2. The minimum absolute atomic E-state index is 0. The van der Waals surface area contributed by atoms with Crippen molar-refractivity contribution >= 4 is 24.2 Å². The number of likely N-dealkylation sites (tertiary alicyclic amines) is 1. The molecule has 3 rings (SSSR count). The molecule has 2 atom stereocenters. The number of carbonyl (C=O) groups excluding carboxylic acids is 2. The van der Waals surface area contributed by atoms with E-state index >= 15 is 0 Å². The molecule has 2 amide bonds. The van der Waals surface area contributed by atoms with Crippen LogP contribution in [0.4, 0.5) is 0 Å². The molecule has 1 aliphatic carbocycles. The highest BCUT2D eigenvalue weighted by Gasteiger charge is 2.46. The van der Waals surface area contributed by atoms with E-state index in [1.54, 1.807) is 17.0 Å². The number of hydrogen-bond donors (Lipinski definition) is 2. The summed E-state index contributed by atoms with van der Waals surface area (Å²) in [5.74, 6) is 0.386. The van der Waals surface area contributed by atoms with Gasteiger partial charge in [-0.05, 0) is 50.7 Å². The van der Waals surface area contributed by atoms with E-state index in [9.17, 15) is 9.59 Å². The van der Waals surface area contributed by atoms with Gasteiger partial charge in [-0.3, -0.25) is 9.59 Å². The molecule has 1 heterocycles. The summed E-state index contributed by atoms with van der Waals surface area (Å²) in [6.45, 7) is 2.97. The highest BCUT2D eigenvalue weighted by Crippen LogP contribution is 2.32. The Kier molecular flexibility index (Phi) is 5.88. The second kappa shape index (κ2) is 7.53. The van der Waals surface area contributed by atoms with Crippen LogP contribution in [-0.2, 0) is 4.79 Å². The molecule has 1 saturated heterocycles. The summed E-state index contributed by atoms with van der Waals surface area (Å²) in [6.07, 6.45) is 3.85. The molecule has 0 radical (unpaired) electrons. The van der Waals surface area contributed by atoms with Crippen molar-refractivity contribution < 1.29 is 9.59 Å². The molecule has 0 spiro atoms. The summed E-state index contributed by atoms with van der Waals surface area (Å²) in [6, 6.07) is 9.18. The summed E-state index contributed by atoms with van der Waals surface area (Å²) in [7, 11) is 0. The molecule has 2 aliphatic rings. The van der Waals surface area contributed by atoms with Gasteiger partial charge < -0.3 is 16.0 Å². The van der Waals surface area contributed by atoms with E-state index in [4.69, 9.17) is 5.73 Å². The fourth-order valence-electron chi connectivity index (χ4n) is 3.35. The Balaban J connectivity index is 0.00000208. The van der Waals surface area contributed by atoms with Gasteiger partial charge in [0.25, 0.3) is 5.91 Å². The summed E-state index contributed by atoms with van der Waals surface area (Å²) in [4.78, 5) is 27.2. The van der Waals surface area contributed by atoms with Crippen LogP contribution in [0.25, 0.3) is 0 Å². The zero-order valence-electron chi connectivity index (χ0n) is 14.0. The molecule has 2 unspecified atom stereocenters. The first-order valence-corrected chi connectivity index (χ1v) is 8.43. The number of hydrogen-bond acceptors (Lipinski definition) is 3. The van der Waals surface area contributed by atoms with Crippen molar-refractivity contribution in [3.63, 3.8) is 0 Å². The molecule has 0 aromatic heterocycles. The van der Waals surface area contributed by atoms with Crippen LogP contribution >= 0.6 is 12.4 Å². The third kappa shape index (κ3) is 3.73. The molecule has 1 aromatic carbocycles. The smallest absolute Gasteiger partial charge is 0.254 e. The molecule has 6 heteroatoms. The Morgan fingerprint density at radius 3 is 2.62 bits per heavy atom. The average molecular weight is 352 g/mol. The van der Waals surface area contributed by atoms with Gasteiger partial charge >= 0.3 is 0 Å². The van der Waals surface area contributed by atoms with E-state index in [2.05, 4.69) is 5.32 Å². The van der Waals surface area contributed by atoms with Gasteiger partial charge in [0.05, 0.1) is 0 Å². The predicted molar refractivity (Wildman–Crippen MR) is 96.1 cm³/mol. The lowest BCUT2D eigenvalue weighted by molar-refractivity contribution is -0.129. The molecule has 5 nitrogen and oxygen atoms in total. The van der Waals surface area contributed by atoms with Gasteiger partial charge in [-0.15, -0.1) is 12.4 Å². The Morgan fingerprint density at radius 2 is 2.00 bits per heavy atom. The monoisotopic (exact) mass is 351 g/mol. The summed E-state index contributed by atoms with van der Waals surface area (Å²) < 4.78 is 0. The van der Waals surface area contributed by atoms with Gasteiger partial charge in [0.1, 0.15) is 5.54 Å². The van der Waals surface area contributed by atoms with Gasteiger partial charge in [-0.1, -0.05) is 18.2 Å². The van der Waals surface area contributed by atoms with E-state index < -0.39 is 5.54 Å². The van der Waals surface area contributed by atoms with E-state index in [1.165, 1.54) is 0 Å². The Bertz CT molecular complexity index is 591. The van der Waals surface area contributed by atoms with Crippen LogP contribution < -0.4 is 11.1 Å². The molecule has 2 fully saturated rings. The molecule has 3 N–H and O–H groups in total. The zero-order valence-corrected chi connectivity index (χ0v) is 14.8. The maximum Gasteiger partial charge on any atom is 0.254 e. The highest BCUT2D eigenvalue weighted by molar-refractivity contribution is 5.99. The minimum Gasteiger partial charge on any atom is -0.352 e. The van der Waals surface area contributed by atoms with Gasteiger partial charge in [-0.2, -0.15) is 0 Å². The van der Waals surface area contributed by atoms with Gasteiger partial charge in [0.2, 0.25) is 5.91 Å². The Morgan fingerprint density at radius 1 is 1.33 bits per heavy atom. The number of nitrogens with zero attached hydrogens (tertiary/aromatic N) is 1. The van der Waals surface area contributed by atoms with Crippen molar-refractivity contribution in [3.8, 4) is 0 Å². The Labute approximate surface area is 149 Å². The van der Waals surface area contributed by atoms with Gasteiger partial charge in [0, 0.05) is 24.7 Å². The van der Waals surface area contributed by atoms with Crippen molar-refractivity contribution in [1.82, 2.24) is 10.2 Å². The first-order chi connectivity index (χ1) is 11.0. The molecular formula is C18H26ClN3O2. The van der Waals surface area contributed by atoms with Gasteiger partial charge in [-0.25, -0.2) is 0 Å². The topological polar surface area (TPSA) is 75.4 Å². The van der Waals surface area contributed by atoms with Crippen LogP contribution in [0.15, 0.2) is 30.3 Å². The molecule has 1 aliphatic heterocycles. The first kappa shape index (κ1) is 18.7. The number of halogens is 1. The van der Waals surface area contributed by atoms with E-state index in [0.29, 0.717) is 31.0 Å². The quantitative estimate of drug-likeness (QED) is 0.851. The predicted octanol–water partition coefficient (Wildman–Crippen LogP) is 1.96. The second-order valence-electron chi connectivity index (χ2n) is 6.91. The van der Waals surface area contributed by atoms with Crippen molar-refractivity contribution in [2.45, 2.75) is 44.2 Å². The zero-order chi connectivity index (χ0) is 16.4. The lowest BCUT2D eigenvalue weighted by Gasteiger charge is -2.34. The maximum atomic E-state index is 12.7. The fourth-order valence-corrected chi connectivity index (χ4v) is 3.35. The largest absolute Gasteiger partial charge is 0.352 e. The fraction of sp³-hybridized carbons (Fsp3) is 0.556. The van der Waals surface area contributed by atoms with Crippen LogP contribution in [0.5, 0.6) is 0 Å². The number of carbonyl (C=O) groups is 2. The standard InChI is InChI=1S/C18H25N3O2.ClH/c1-18(17(23)20-12-15(19)13-8-9-13)10-5-11-21(18)16(22)14-6-3-2-4-7-14;/h2-4,6-7,13,15H,5,8-12,19H2,1H3,(H,20,23);1H. The number of nitrogens with one attached hydrogen (secondary N) is 1. The van der Waals surface area contributed by atoms with Crippen molar-refractivity contribution in [3.05, 3.63) is 35.9 Å². The van der Waals surface area contributed by atoms with Crippen molar-refractivity contribution in [2.24, 2.45) is 11.7 Å². The van der Waals surface area contributed by atoms with Crippen LogP contribution in [-0.4, -0.2) is 41.4 Å². The summed E-state index contributed by atoms with van der Waals surface area (Å²) in [5.41, 5.74) is 5.91. The van der Waals surface area contributed by atoms with Crippen LogP contribution in [0.1, 0.15) is 43.0 Å². The number of amides is 2. The molecular weight excluding hydrogens is 326 g/mol. The van der Waals surface area contributed by atoms with E-state index in [1.807, 2.05) is 25.1 Å². The van der Waals surface area contributed by atoms with Crippen molar-refractivity contribution in [1.29, 1.82) is 0 Å². The molecule has 132 valence electrons. The first-order valence-electron chi connectivity index (χ1n) is 8.43. The molecule has 1 aromatic rings. The third-order valence-corrected chi connectivity index (χ3v) is 5.12. The number of rotatable bonds is 5. The molecule has 0 bridgehead atoms. The lowest BCUT2D eigenvalue weighted by Crippen LogP contribution is -2.56. The third-order valence-electron chi connectivity index (χ3n) is 5.12. The average Bonchev–Trinajstić information content (AvgIpc) is 3.35. The van der Waals surface area contributed by atoms with E-state index in [-0.39, 0.29) is 30.3 Å². The minimum atomic E-state index is -0.782. The SMILES string of the molecule is CC1(C(=O)NCC(N)C2CC2)CCCN1C(=O)c1ccccc1.Cl. The maximum absolute atomic E-state index is 12.7. The molecule has 24 heavy (non-hydrogen) atoms. The van der Waals surface area contributed by atoms with Gasteiger partial charge in [0.15, 0.2) is 0 Å². The highest BCUT2D eigenvalue weighted by atomic mass is 35.5. The summed E-state index contributed by atoms with van der Waals surface area (Å²) in [5, 5.41) is 2.96. The number of nitrogens with two attached hydrogens (primary N) is 1. The summed E-state index contributed by atoms with van der Waals surface area (Å²) >= 11 is 0.